The summed E-state index contributed by atoms with van der Waals surface area (Å²) in [5.74, 6) is 0.340. The van der Waals surface area contributed by atoms with Crippen LogP contribution in [0.5, 0.6) is 5.75 Å². The van der Waals surface area contributed by atoms with Gasteiger partial charge in [0.25, 0.3) is 0 Å². The van der Waals surface area contributed by atoms with Gasteiger partial charge in [0.05, 0.1) is 19.3 Å². The predicted octanol–water partition coefficient (Wildman–Crippen LogP) is -2.37. The Hall–Kier alpha value is -1.46. The molecule has 9 heteroatoms. The van der Waals surface area contributed by atoms with Gasteiger partial charge in [0.15, 0.2) is 0 Å². The van der Waals surface area contributed by atoms with Crippen molar-refractivity contribution in [1.82, 2.24) is 0 Å². The van der Waals surface area contributed by atoms with Crippen molar-refractivity contribution < 1.29 is 40.1 Å². The van der Waals surface area contributed by atoms with Crippen molar-refractivity contribution in [2.45, 2.75) is 36.8 Å². The van der Waals surface area contributed by atoms with Crippen molar-refractivity contribution in [2.75, 3.05) is 25.1 Å². The molecule has 0 amide bonds. The summed E-state index contributed by atoms with van der Waals surface area (Å²) in [7, 11) is 0. The van der Waals surface area contributed by atoms with E-state index in [1.54, 1.807) is 24.3 Å². The molecule has 24 heavy (non-hydrogen) atoms. The largest absolute Gasteiger partial charge is 0.462 e. The summed E-state index contributed by atoms with van der Waals surface area (Å²) in [6.45, 7) is -0.685. The van der Waals surface area contributed by atoms with Gasteiger partial charge >= 0.3 is 0 Å². The predicted molar refractivity (Wildman–Crippen MR) is 82.4 cm³/mol. The number of anilines is 1. The Balaban J connectivity index is 1.95. The van der Waals surface area contributed by atoms with Gasteiger partial charge in [-0.05, 0) is 24.3 Å². The molecule has 0 aliphatic carbocycles. The molecule has 0 saturated carbocycles. The highest BCUT2D eigenvalue weighted by molar-refractivity contribution is 5.46. The topological polar surface area (TPSA) is 152 Å². The van der Waals surface area contributed by atoms with Crippen LogP contribution in [0.2, 0.25) is 0 Å². The molecule has 0 aromatic heterocycles. The van der Waals surface area contributed by atoms with Gasteiger partial charge in [-0.2, -0.15) is 0 Å². The van der Waals surface area contributed by atoms with Crippen molar-refractivity contribution in [2.24, 2.45) is 0 Å². The van der Waals surface area contributed by atoms with Crippen LogP contribution in [0.1, 0.15) is 0 Å². The Morgan fingerprint density at radius 2 is 1.71 bits per heavy atom. The Kier molecular flexibility index (Phi) is 6.75. The van der Waals surface area contributed by atoms with E-state index in [1.165, 1.54) is 0 Å². The minimum atomic E-state index is -1.50. The zero-order valence-corrected chi connectivity index (χ0v) is 12.9. The van der Waals surface area contributed by atoms with Crippen LogP contribution in [-0.4, -0.2) is 87.2 Å². The SMILES string of the molecule is OCC(O)CNc1ccc(OC2OC(CO)C(O)C(O)C2O)cc1. The molecule has 1 aliphatic heterocycles. The molecule has 6 unspecified atom stereocenters. The second-order valence-electron chi connectivity index (χ2n) is 5.56. The number of benzene rings is 1. The molecule has 2 rings (SSSR count). The van der Waals surface area contributed by atoms with E-state index < -0.39 is 43.4 Å². The number of ether oxygens (including phenoxy) is 2. The van der Waals surface area contributed by atoms with E-state index in [9.17, 15) is 20.4 Å². The molecule has 0 bridgehead atoms. The first-order valence-electron chi connectivity index (χ1n) is 7.56. The van der Waals surface area contributed by atoms with Gasteiger partial charge < -0.3 is 45.4 Å². The first-order chi connectivity index (χ1) is 11.5. The summed E-state index contributed by atoms with van der Waals surface area (Å²) < 4.78 is 10.7. The molecule has 1 saturated heterocycles. The standard InChI is InChI=1S/C15H23NO8/c17-6-9(19)5-16-8-1-3-10(4-2-8)23-15-14(22)13(21)12(20)11(7-18)24-15/h1-4,9,11-22H,5-7H2. The van der Waals surface area contributed by atoms with E-state index in [-0.39, 0.29) is 13.2 Å². The highest BCUT2D eigenvalue weighted by atomic mass is 16.7. The van der Waals surface area contributed by atoms with Gasteiger partial charge in [-0.1, -0.05) is 0 Å². The van der Waals surface area contributed by atoms with Crippen molar-refractivity contribution >= 4 is 5.69 Å². The molecule has 136 valence electrons. The van der Waals surface area contributed by atoms with Crippen LogP contribution in [0.25, 0.3) is 0 Å². The smallest absolute Gasteiger partial charge is 0.229 e. The van der Waals surface area contributed by atoms with Crippen LogP contribution < -0.4 is 10.1 Å². The molecule has 1 aromatic rings. The second-order valence-corrected chi connectivity index (χ2v) is 5.56. The lowest BCUT2D eigenvalue weighted by Gasteiger charge is -2.39. The summed E-state index contributed by atoms with van der Waals surface area (Å²) in [6.07, 6.45) is -7.54. The molecule has 9 nitrogen and oxygen atoms in total. The summed E-state index contributed by atoms with van der Waals surface area (Å²) in [6, 6.07) is 6.47. The van der Waals surface area contributed by atoms with E-state index in [4.69, 9.17) is 19.7 Å². The number of aliphatic hydroxyl groups excluding tert-OH is 6. The van der Waals surface area contributed by atoms with Crippen LogP contribution in [-0.2, 0) is 4.74 Å². The minimum Gasteiger partial charge on any atom is -0.462 e. The molecule has 1 aliphatic rings. The normalized spacial score (nSPS) is 31.5. The quantitative estimate of drug-likeness (QED) is 0.287. The number of aliphatic hydroxyl groups is 6. The van der Waals surface area contributed by atoms with E-state index in [0.717, 1.165) is 0 Å². The van der Waals surface area contributed by atoms with Crippen LogP contribution in [0.4, 0.5) is 5.69 Å². The van der Waals surface area contributed by atoms with Crippen LogP contribution in [0.3, 0.4) is 0 Å². The molecular formula is C15H23NO8. The maximum Gasteiger partial charge on any atom is 0.229 e. The first kappa shape index (κ1) is 18.9. The number of nitrogens with one attached hydrogen (secondary N) is 1. The van der Waals surface area contributed by atoms with Crippen molar-refractivity contribution in [3.63, 3.8) is 0 Å². The molecule has 0 spiro atoms. The summed E-state index contributed by atoms with van der Waals surface area (Å²) in [5.41, 5.74) is 0.684. The van der Waals surface area contributed by atoms with Crippen LogP contribution in [0, 0.1) is 0 Å². The summed E-state index contributed by atoms with van der Waals surface area (Å²) >= 11 is 0. The lowest BCUT2D eigenvalue weighted by Crippen LogP contribution is -2.60. The molecule has 1 fully saturated rings. The zero-order chi connectivity index (χ0) is 17.7. The fraction of sp³-hybridized carbons (Fsp3) is 0.600. The van der Waals surface area contributed by atoms with Gasteiger partial charge in [-0.25, -0.2) is 0 Å². The molecule has 7 N–H and O–H groups in total. The lowest BCUT2D eigenvalue weighted by atomic mass is 9.99. The van der Waals surface area contributed by atoms with Crippen molar-refractivity contribution in [1.29, 1.82) is 0 Å². The molecule has 0 radical (unpaired) electrons. The Morgan fingerprint density at radius 3 is 2.29 bits per heavy atom. The maximum absolute atomic E-state index is 9.90. The number of hydrogen-bond donors (Lipinski definition) is 7. The van der Waals surface area contributed by atoms with Crippen molar-refractivity contribution in [3.05, 3.63) is 24.3 Å². The van der Waals surface area contributed by atoms with E-state index in [0.29, 0.717) is 11.4 Å². The third-order valence-electron chi connectivity index (χ3n) is 3.71. The average molecular weight is 345 g/mol. The third-order valence-corrected chi connectivity index (χ3v) is 3.71. The lowest BCUT2D eigenvalue weighted by molar-refractivity contribution is -0.277. The average Bonchev–Trinajstić information content (AvgIpc) is 2.61. The van der Waals surface area contributed by atoms with Gasteiger partial charge in [-0.3, -0.25) is 0 Å². The second kappa shape index (κ2) is 8.58. The number of rotatable bonds is 7. The van der Waals surface area contributed by atoms with Gasteiger partial charge in [0.2, 0.25) is 6.29 Å². The van der Waals surface area contributed by atoms with E-state index in [2.05, 4.69) is 5.32 Å². The molecule has 1 heterocycles. The van der Waals surface area contributed by atoms with E-state index >= 15 is 0 Å². The maximum atomic E-state index is 9.90. The van der Waals surface area contributed by atoms with Gasteiger partial charge in [0, 0.05) is 12.2 Å². The van der Waals surface area contributed by atoms with Gasteiger partial charge in [-0.15, -0.1) is 0 Å². The third kappa shape index (κ3) is 4.54. The Labute approximate surface area is 138 Å². The fourth-order valence-corrected chi connectivity index (χ4v) is 2.25. The van der Waals surface area contributed by atoms with Crippen LogP contribution in [0.15, 0.2) is 24.3 Å². The molecular weight excluding hydrogens is 322 g/mol. The zero-order valence-electron chi connectivity index (χ0n) is 12.9. The Bertz CT molecular complexity index is 497. The highest BCUT2D eigenvalue weighted by Gasteiger charge is 2.44. The van der Waals surface area contributed by atoms with Crippen LogP contribution >= 0.6 is 0 Å². The van der Waals surface area contributed by atoms with Crippen molar-refractivity contribution in [3.8, 4) is 5.75 Å². The van der Waals surface area contributed by atoms with E-state index in [1.807, 2.05) is 0 Å². The number of hydrogen-bond acceptors (Lipinski definition) is 9. The Morgan fingerprint density at radius 1 is 1.04 bits per heavy atom. The fourth-order valence-electron chi connectivity index (χ4n) is 2.25. The van der Waals surface area contributed by atoms with Gasteiger partial charge in [0.1, 0.15) is 30.2 Å². The summed E-state index contributed by atoms with van der Waals surface area (Å²) in [5, 5.41) is 59.4. The minimum absolute atomic E-state index is 0.184. The summed E-state index contributed by atoms with van der Waals surface area (Å²) in [4.78, 5) is 0. The molecule has 6 atom stereocenters. The monoisotopic (exact) mass is 345 g/mol. The first-order valence-corrected chi connectivity index (χ1v) is 7.56. The molecule has 1 aromatic carbocycles. The highest BCUT2D eigenvalue weighted by Crippen LogP contribution is 2.25.